The second-order valence-corrected chi connectivity index (χ2v) is 5.26. The van der Waals surface area contributed by atoms with Crippen molar-refractivity contribution >= 4 is 0 Å². The van der Waals surface area contributed by atoms with E-state index in [1.54, 1.807) is 7.11 Å². The van der Waals surface area contributed by atoms with Gasteiger partial charge in [-0.25, -0.2) is 0 Å². The minimum atomic E-state index is -0.504. The van der Waals surface area contributed by atoms with Gasteiger partial charge < -0.3 is 9.84 Å². The lowest BCUT2D eigenvalue weighted by Crippen LogP contribution is -2.34. The van der Waals surface area contributed by atoms with Crippen molar-refractivity contribution in [2.45, 2.75) is 58.8 Å². The number of aromatic nitrogens is 2. The lowest BCUT2D eigenvalue weighted by atomic mass is 9.98. The fourth-order valence-electron chi connectivity index (χ4n) is 2.12. The fraction of sp³-hybridized carbons (Fsp3) is 0.786. The SMILES string of the molecule is CCC(C)n1ccc(CC(O)C(OC)C(C)C)n1. The van der Waals surface area contributed by atoms with Crippen molar-refractivity contribution in [2.75, 3.05) is 7.11 Å². The van der Waals surface area contributed by atoms with E-state index in [-0.39, 0.29) is 6.10 Å². The van der Waals surface area contributed by atoms with Crippen LogP contribution in [0.4, 0.5) is 0 Å². The summed E-state index contributed by atoms with van der Waals surface area (Å²) >= 11 is 0. The molecule has 0 radical (unpaired) electrons. The Morgan fingerprint density at radius 2 is 2.06 bits per heavy atom. The molecule has 0 saturated carbocycles. The van der Waals surface area contributed by atoms with Gasteiger partial charge in [-0.3, -0.25) is 4.68 Å². The average molecular weight is 254 g/mol. The summed E-state index contributed by atoms with van der Waals surface area (Å²) in [5, 5.41) is 14.7. The Morgan fingerprint density at radius 3 is 2.56 bits per heavy atom. The maximum Gasteiger partial charge on any atom is 0.0860 e. The van der Waals surface area contributed by atoms with Crippen LogP contribution in [0.5, 0.6) is 0 Å². The molecule has 4 heteroatoms. The average Bonchev–Trinajstić information content (AvgIpc) is 2.76. The van der Waals surface area contributed by atoms with E-state index in [9.17, 15) is 5.11 Å². The van der Waals surface area contributed by atoms with Crippen LogP contribution in [0.2, 0.25) is 0 Å². The Kier molecular flexibility index (Phi) is 5.82. The van der Waals surface area contributed by atoms with E-state index >= 15 is 0 Å². The van der Waals surface area contributed by atoms with Gasteiger partial charge in [0.25, 0.3) is 0 Å². The van der Waals surface area contributed by atoms with E-state index in [4.69, 9.17) is 4.74 Å². The Morgan fingerprint density at radius 1 is 1.39 bits per heavy atom. The van der Waals surface area contributed by atoms with Crippen molar-refractivity contribution in [3.63, 3.8) is 0 Å². The first kappa shape index (κ1) is 15.2. The predicted octanol–water partition coefficient (Wildman–Crippen LogP) is 2.43. The Bertz CT molecular complexity index is 349. The molecule has 0 bridgehead atoms. The van der Waals surface area contributed by atoms with Crippen molar-refractivity contribution in [1.82, 2.24) is 9.78 Å². The van der Waals surface area contributed by atoms with Gasteiger partial charge in [0.15, 0.2) is 0 Å². The fourth-order valence-corrected chi connectivity index (χ4v) is 2.12. The lowest BCUT2D eigenvalue weighted by molar-refractivity contribution is -0.0372. The van der Waals surface area contributed by atoms with Crippen LogP contribution in [0.25, 0.3) is 0 Å². The molecular weight excluding hydrogens is 228 g/mol. The number of hydrogen-bond donors (Lipinski definition) is 1. The molecule has 1 heterocycles. The van der Waals surface area contributed by atoms with Gasteiger partial charge in [0.05, 0.1) is 17.9 Å². The second kappa shape index (κ2) is 6.90. The Labute approximate surface area is 110 Å². The van der Waals surface area contributed by atoms with Gasteiger partial charge in [-0.05, 0) is 25.3 Å². The molecule has 1 aromatic heterocycles. The molecule has 1 aromatic rings. The van der Waals surface area contributed by atoms with Gasteiger partial charge in [-0.2, -0.15) is 5.10 Å². The minimum Gasteiger partial charge on any atom is -0.390 e. The van der Waals surface area contributed by atoms with Gasteiger partial charge in [0, 0.05) is 25.8 Å². The third-order valence-corrected chi connectivity index (χ3v) is 3.43. The highest BCUT2D eigenvalue weighted by atomic mass is 16.5. The first-order valence-electron chi connectivity index (χ1n) is 6.74. The maximum absolute atomic E-state index is 10.2. The molecule has 1 rings (SSSR count). The standard InChI is InChI=1S/C14H26N2O2/c1-6-11(4)16-8-7-12(15-16)9-13(17)14(18-5)10(2)3/h7-8,10-11,13-14,17H,6,9H2,1-5H3. The van der Waals surface area contributed by atoms with Crippen molar-refractivity contribution < 1.29 is 9.84 Å². The third-order valence-electron chi connectivity index (χ3n) is 3.43. The Hall–Kier alpha value is -0.870. The summed E-state index contributed by atoms with van der Waals surface area (Å²) in [6.07, 6.45) is 2.93. The van der Waals surface area contributed by atoms with Crippen molar-refractivity contribution in [1.29, 1.82) is 0 Å². The minimum absolute atomic E-state index is 0.140. The Balaban J connectivity index is 2.64. The first-order chi connectivity index (χ1) is 8.49. The molecule has 18 heavy (non-hydrogen) atoms. The zero-order valence-electron chi connectivity index (χ0n) is 12.1. The summed E-state index contributed by atoms with van der Waals surface area (Å²) in [4.78, 5) is 0. The van der Waals surface area contributed by atoms with Crippen LogP contribution in [-0.4, -0.2) is 34.2 Å². The summed E-state index contributed by atoms with van der Waals surface area (Å²) < 4.78 is 7.29. The van der Waals surface area contributed by atoms with Crippen molar-refractivity contribution in [3.8, 4) is 0 Å². The van der Waals surface area contributed by atoms with Gasteiger partial charge in [-0.1, -0.05) is 20.8 Å². The predicted molar refractivity (Wildman–Crippen MR) is 72.6 cm³/mol. The summed E-state index contributed by atoms with van der Waals surface area (Å²) in [5.41, 5.74) is 0.922. The molecule has 3 atom stereocenters. The number of rotatable bonds is 7. The molecule has 0 amide bonds. The molecule has 0 aromatic carbocycles. The zero-order chi connectivity index (χ0) is 13.7. The van der Waals surface area contributed by atoms with Gasteiger partial charge in [0.2, 0.25) is 0 Å². The topological polar surface area (TPSA) is 47.3 Å². The molecule has 0 aliphatic heterocycles. The third kappa shape index (κ3) is 3.82. The van der Waals surface area contributed by atoms with Crippen LogP contribution in [0.15, 0.2) is 12.3 Å². The smallest absolute Gasteiger partial charge is 0.0860 e. The molecule has 3 unspecified atom stereocenters. The highest BCUT2D eigenvalue weighted by Crippen LogP contribution is 2.15. The summed E-state index contributed by atoms with van der Waals surface area (Å²) in [7, 11) is 1.64. The van der Waals surface area contributed by atoms with Crippen LogP contribution >= 0.6 is 0 Å². The van der Waals surface area contributed by atoms with Gasteiger partial charge in [0.1, 0.15) is 0 Å². The number of nitrogens with zero attached hydrogens (tertiary/aromatic N) is 2. The molecule has 4 nitrogen and oxygen atoms in total. The van der Waals surface area contributed by atoms with E-state index in [2.05, 4.69) is 32.8 Å². The first-order valence-corrected chi connectivity index (χ1v) is 6.74. The van der Waals surface area contributed by atoms with Crippen LogP contribution < -0.4 is 0 Å². The number of hydrogen-bond acceptors (Lipinski definition) is 3. The van der Waals surface area contributed by atoms with Crippen LogP contribution in [-0.2, 0) is 11.2 Å². The monoisotopic (exact) mass is 254 g/mol. The van der Waals surface area contributed by atoms with Gasteiger partial charge in [-0.15, -0.1) is 0 Å². The number of methoxy groups -OCH3 is 1. The number of aliphatic hydroxyl groups is 1. The highest BCUT2D eigenvalue weighted by molar-refractivity contribution is 5.02. The van der Waals surface area contributed by atoms with E-state index in [0.717, 1.165) is 12.1 Å². The van der Waals surface area contributed by atoms with Crippen LogP contribution in [0.3, 0.4) is 0 Å². The summed E-state index contributed by atoms with van der Waals surface area (Å²) in [5.74, 6) is 0.293. The summed E-state index contributed by atoms with van der Waals surface area (Å²) in [6.45, 7) is 8.38. The molecule has 1 N–H and O–H groups in total. The second-order valence-electron chi connectivity index (χ2n) is 5.26. The number of aliphatic hydroxyl groups excluding tert-OH is 1. The van der Waals surface area contributed by atoms with Gasteiger partial charge >= 0.3 is 0 Å². The lowest BCUT2D eigenvalue weighted by Gasteiger charge is -2.24. The van der Waals surface area contributed by atoms with Crippen molar-refractivity contribution in [2.24, 2.45) is 5.92 Å². The molecule has 0 fully saturated rings. The zero-order valence-corrected chi connectivity index (χ0v) is 12.1. The highest BCUT2D eigenvalue weighted by Gasteiger charge is 2.23. The molecule has 0 aliphatic rings. The quantitative estimate of drug-likeness (QED) is 0.813. The molecule has 0 aliphatic carbocycles. The maximum atomic E-state index is 10.2. The van der Waals surface area contributed by atoms with Crippen molar-refractivity contribution in [3.05, 3.63) is 18.0 Å². The molecule has 0 saturated heterocycles. The molecule has 0 spiro atoms. The summed E-state index contributed by atoms with van der Waals surface area (Å²) in [6, 6.07) is 2.38. The van der Waals surface area contributed by atoms with E-state index in [0.29, 0.717) is 18.4 Å². The van der Waals surface area contributed by atoms with Crippen LogP contribution in [0, 0.1) is 5.92 Å². The van der Waals surface area contributed by atoms with E-state index in [1.807, 2.05) is 16.9 Å². The molecule has 104 valence electrons. The van der Waals surface area contributed by atoms with E-state index < -0.39 is 6.10 Å². The normalized spacial score (nSPS) is 16.8. The number of ether oxygens (including phenoxy) is 1. The molecular formula is C14H26N2O2. The van der Waals surface area contributed by atoms with E-state index in [1.165, 1.54) is 0 Å². The van der Waals surface area contributed by atoms with Crippen LogP contribution in [0.1, 0.15) is 45.9 Å². The largest absolute Gasteiger partial charge is 0.390 e.